The summed E-state index contributed by atoms with van der Waals surface area (Å²) in [6, 6.07) is 0.800. The van der Waals surface area contributed by atoms with Crippen LogP contribution in [0.15, 0.2) is 0 Å². The zero-order chi connectivity index (χ0) is 12.3. The maximum atomic E-state index is 5.85. The number of hydrogen-bond donors (Lipinski definition) is 1. The highest BCUT2D eigenvalue weighted by Gasteiger charge is 2.26. The maximum Gasteiger partial charge on any atom is 0.336 e. The summed E-state index contributed by atoms with van der Waals surface area (Å²) in [6.07, 6.45) is 4.84. The minimum absolute atomic E-state index is 0.164. The fraction of sp³-hybridized carbons (Fsp3) is 0.750. The molecule has 1 aliphatic carbocycles. The molecule has 5 nitrogen and oxygen atoms in total. The van der Waals surface area contributed by atoms with Crippen molar-refractivity contribution in [3.63, 3.8) is 0 Å². The van der Waals surface area contributed by atoms with Crippen LogP contribution in [-0.2, 0) is 0 Å². The number of hydrogen-bond acceptors (Lipinski definition) is 5. The van der Waals surface area contributed by atoms with Crippen LogP contribution in [0.2, 0.25) is 0 Å². The molecule has 1 fully saturated rings. The van der Waals surface area contributed by atoms with E-state index in [1.54, 1.807) is 0 Å². The van der Waals surface area contributed by atoms with E-state index in [-0.39, 0.29) is 6.10 Å². The first-order chi connectivity index (χ1) is 8.20. The molecule has 0 spiro atoms. The van der Waals surface area contributed by atoms with Crippen LogP contribution in [0.1, 0.15) is 37.1 Å². The molecule has 0 saturated heterocycles. The molecule has 2 unspecified atom stereocenters. The van der Waals surface area contributed by atoms with Gasteiger partial charge in [0.1, 0.15) is 6.10 Å². The second-order valence-electron chi connectivity index (χ2n) is 4.60. The third-order valence-electron chi connectivity index (χ3n) is 3.40. The van der Waals surface area contributed by atoms with Gasteiger partial charge in [0, 0.05) is 6.04 Å². The molecule has 1 saturated carbocycles. The molecular formula is C12H20N4O. The van der Waals surface area contributed by atoms with Gasteiger partial charge in [-0.2, -0.15) is 4.98 Å². The van der Waals surface area contributed by atoms with Crippen LogP contribution in [-0.4, -0.2) is 34.4 Å². The van der Waals surface area contributed by atoms with Crippen molar-refractivity contribution in [2.24, 2.45) is 0 Å². The molecule has 2 atom stereocenters. The molecule has 5 heteroatoms. The van der Waals surface area contributed by atoms with Gasteiger partial charge in [-0.05, 0) is 40.2 Å². The van der Waals surface area contributed by atoms with Crippen molar-refractivity contribution < 1.29 is 4.74 Å². The van der Waals surface area contributed by atoms with Gasteiger partial charge >= 0.3 is 6.01 Å². The minimum atomic E-state index is 0.164. The molecule has 0 aromatic carbocycles. The van der Waals surface area contributed by atoms with Gasteiger partial charge in [0.05, 0.1) is 11.4 Å². The van der Waals surface area contributed by atoms with Gasteiger partial charge in [-0.25, -0.2) is 0 Å². The predicted octanol–water partition coefficient (Wildman–Crippen LogP) is 1.40. The van der Waals surface area contributed by atoms with Gasteiger partial charge in [0.15, 0.2) is 0 Å². The van der Waals surface area contributed by atoms with Crippen molar-refractivity contribution in [3.05, 3.63) is 11.4 Å². The number of rotatable bonds is 3. The van der Waals surface area contributed by atoms with Crippen molar-refractivity contribution in [2.75, 3.05) is 7.05 Å². The van der Waals surface area contributed by atoms with Gasteiger partial charge < -0.3 is 10.1 Å². The number of likely N-dealkylation sites (N-methyl/N-ethyl adjacent to an activating group) is 1. The van der Waals surface area contributed by atoms with E-state index in [0.717, 1.165) is 24.2 Å². The largest absolute Gasteiger partial charge is 0.457 e. The van der Waals surface area contributed by atoms with Gasteiger partial charge in [0.2, 0.25) is 0 Å². The van der Waals surface area contributed by atoms with Crippen LogP contribution in [0.4, 0.5) is 0 Å². The molecule has 0 bridgehead atoms. The van der Waals surface area contributed by atoms with Crippen LogP contribution >= 0.6 is 0 Å². The van der Waals surface area contributed by atoms with E-state index < -0.39 is 0 Å². The Hall–Kier alpha value is -1.23. The molecule has 1 aromatic heterocycles. The Labute approximate surface area is 102 Å². The Morgan fingerprint density at radius 1 is 1.12 bits per heavy atom. The van der Waals surface area contributed by atoms with Crippen molar-refractivity contribution in [2.45, 2.75) is 51.7 Å². The van der Waals surface area contributed by atoms with Crippen molar-refractivity contribution in [1.29, 1.82) is 0 Å². The van der Waals surface area contributed by atoms with Crippen molar-refractivity contribution >= 4 is 0 Å². The van der Waals surface area contributed by atoms with Gasteiger partial charge in [-0.3, -0.25) is 0 Å². The average Bonchev–Trinajstić information content (AvgIpc) is 2.34. The summed E-state index contributed by atoms with van der Waals surface area (Å²) in [7, 11) is 1.98. The lowest BCUT2D eigenvalue weighted by Gasteiger charge is -2.30. The zero-order valence-corrected chi connectivity index (χ0v) is 10.7. The molecule has 0 aliphatic heterocycles. The molecule has 0 radical (unpaired) electrons. The molecule has 1 aliphatic rings. The summed E-state index contributed by atoms with van der Waals surface area (Å²) >= 11 is 0. The highest BCUT2D eigenvalue weighted by Crippen LogP contribution is 2.22. The van der Waals surface area contributed by atoms with E-state index in [0.29, 0.717) is 12.1 Å². The first kappa shape index (κ1) is 12.2. The monoisotopic (exact) mass is 236 g/mol. The number of aryl methyl sites for hydroxylation is 2. The Kier molecular flexibility index (Phi) is 3.89. The lowest BCUT2D eigenvalue weighted by Crippen LogP contribution is -2.43. The molecular weight excluding hydrogens is 216 g/mol. The number of ether oxygens (including phenoxy) is 1. The summed E-state index contributed by atoms with van der Waals surface area (Å²) in [6.45, 7) is 3.82. The molecule has 1 heterocycles. The van der Waals surface area contributed by atoms with E-state index in [1.807, 2.05) is 20.9 Å². The van der Waals surface area contributed by atoms with E-state index >= 15 is 0 Å². The third kappa shape index (κ3) is 2.91. The van der Waals surface area contributed by atoms with Gasteiger partial charge in [-0.15, -0.1) is 5.10 Å². The normalized spacial score (nSPS) is 24.6. The van der Waals surface area contributed by atoms with Crippen molar-refractivity contribution in [1.82, 2.24) is 20.5 Å². The van der Waals surface area contributed by atoms with Crippen LogP contribution in [0, 0.1) is 13.8 Å². The molecule has 2 rings (SSSR count). The molecule has 1 N–H and O–H groups in total. The van der Waals surface area contributed by atoms with Crippen LogP contribution in [0.25, 0.3) is 0 Å². The van der Waals surface area contributed by atoms with E-state index in [4.69, 9.17) is 4.74 Å². The lowest BCUT2D eigenvalue weighted by atomic mass is 9.92. The highest BCUT2D eigenvalue weighted by atomic mass is 16.5. The Bertz CT molecular complexity index is 383. The Balaban J connectivity index is 2.05. The third-order valence-corrected chi connectivity index (χ3v) is 3.40. The van der Waals surface area contributed by atoms with E-state index in [1.165, 1.54) is 12.8 Å². The number of aromatic nitrogens is 3. The Morgan fingerprint density at radius 3 is 2.59 bits per heavy atom. The number of nitrogens with one attached hydrogen (secondary N) is 1. The first-order valence-corrected chi connectivity index (χ1v) is 6.22. The minimum Gasteiger partial charge on any atom is -0.457 e. The summed E-state index contributed by atoms with van der Waals surface area (Å²) in [4.78, 5) is 4.31. The smallest absolute Gasteiger partial charge is 0.336 e. The summed E-state index contributed by atoms with van der Waals surface area (Å²) in [5, 5.41) is 11.3. The summed E-state index contributed by atoms with van der Waals surface area (Å²) < 4.78 is 5.85. The molecule has 1 aromatic rings. The quantitative estimate of drug-likeness (QED) is 0.859. The molecule has 17 heavy (non-hydrogen) atoms. The fourth-order valence-electron chi connectivity index (χ4n) is 2.19. The molecule has 0 amide bonds. The summed E-state index contributed by atoms with van der Waals surface area (Å²) in [5.74, 6) is 0. The highest BCUT2D eigenvalue weighted by molar-refractivity contribution is 5.08. The average molecular weight is 236 g/mol. The SMILES string of the molecule is CNC1CCCCC1Oc1nnc(C)c(C)n1. The van der Waals surface area contributed by atoms with E-state index in [2.05, 4.69) is 20.5 Å². The fourth-order valence-corrected chi connectivity index (χ4v) is 2.19. The second kappa shape index (κ2) is 5.40. The van der Waals surface area contributed by atoms with Crippen LogP contribution < -0.4 is 10.1 Å². The molecule has 94 valence electrons. The van der Waals surface area contributed by atoms with Crippen LogP contribution in [0.3, 0.4) is 0 Å². The van der Waals surface area contributed by atoms with Crippen LogP contribution in [0.5, 0.6) is 6.01 Å². The lowest BCUT2D eigenvalue weighted by molar-refractivity contribution is 0.105. The van der Waals surface area contributed by atoms with E-state index in [9.17, 15) is 0 Å². The van der Waals surface area contributed by atoms with Gasteiger partial charge in [-0.1, -0.05) is 11.5 Å². The Morgan fingerprint density at radius 2 is 1.88 bits per heavy atom. The topological polar surface area (TPSA) is 59.9 Å². The standard InChI is InChI=1S/C12H20N4O/c1-8-9(2)15-16-12(14-8)17-11-7-5-4-6-10(11)13-3/h10-11,13H,4-7H2,1-3H3. The predicted molar refractivity (Wildman–Crippen MR) is 65.0 cm³/mol. The van der Waals surface area contributed by atoms with Gasteiger partial charge in [0.25, 0.3) is 0 Å². The summed E-state index contributed by atoms with van der Waals surface area (Å²) in [5.41, 5.74) is 1.73. The number of nitrogens with zero attached hydrogens (tertiary/aromatic N) is 3. The van der Waals surface area contributed by atoms with Crippen molar-refractivity contribution in [3.8, 4) is 6.01 Å². The second-order valence-corrected chi connectivity index (χ2v) is 4.60. The maximum absolute atomic E-state index is 5.85. The first-order valence-electron chi connectivity index (χ1n) is 6.22. The zero-order valence-electron chi connectivity index (χ0n) is 10.7.